The van der Waals surface area contributed by atoms with E-state index in [2.05, 4.69) is 0 Å². The van der Waals surface area contributed by atoms with Crippen molar-refractivity contribution in [1.29, 1.82) is 0 Å². The molecule has 1 heterocycles. The summed E-state index contributed by atoms with van der Waals surface area (Å²) in [7, 11) is 1.43. The Morgan fingerprint density at radius 3 is 2.52 bits per heavy atom. The Hall–Kier alpha value is -2.82. The van der Waals surface area contributed by atoms with E-state index in [1.807, 2.05) is 0 Å². The summed E-state index contributed by atoms with van der Waals surface area (Å²) in [5, 5.41) is 0. The molecule has 5 nitrogen and oxygen atoms in total. The number of furan rings is 1. The van der Waals surface area contributed by atoms with E-state index in [1.165, 1.54) is 19.4 Å². The Labute approximate surface area is 121 Å². The van der Waals surface area contributed by atoms with E-state index < -0.39 is 11.8 Å². The van der Waals surface area contributed by atoms with Gasteiger partial charge in [0.25, 0.3) is 0 Å². The number of ketones is 1. The summed E-state index contributed by atoms with van der Waals surface area (Å²) in [4.78, 5) is 23.5. The topological polar surface area (TPSA) is 65.7 Å². The average molecular weight is 286 g/mol. The molecule has 0 amide bonds. The SMILES string of the molecule is CO/C(=C/C(=O)COC(=O)c1ccccc1)c1ccco1. The lowest BCUT2D eigenvalue weighted by atomic mass is 10.2. The zero-order valence-corrected chi connectivity index (χ0v) is 11.4. The summed E-state index contributed by atoms with van der Waals surface area (Å²) >= 11 is 0. The predicted octanol–water partition coefficient (Wildman–Crippen LogP) is 2.69. The molecule has 0 saturated carbocycles. The molecule has 1 aromatic carbocycles. The van der Waals surface area contributed by atoms with Gasteiger partial charge in [-0.05, 0) is 24.3 Å². The highest BCUT2D eigenvalue weighted by Gasteiger charge is 2.11. The molecule has 108 valence electrons. The van der Waals surface area contributed by atoms with Crippen molar-refractivity contribution in [2.24, 2.45) is 0 Å². The van der Waals surface area contributed by atoms with Gasteiger partial charge >= 0.3 is 5.97 Å². The Morgan fingerprint density at radius 1 is 1.14 bits per heavy atom. The van der Waals surface area contributed by atoms with Gasteiger partial charge in [-0.25, -0.2) is 4.79 Å². The fourth-order valence-corrected chi connectivity index (χ4v) is 1.63. The first-order valence-electron chi connectivity index (χ1n) is 6.25. The molecule has 0 unspecified atom stereocenters. The number of ether oxygens (including phenoxy) is 2. The molecule has 0 saturated heterocycles. The van der Waals surface area contributed by atoms with Crippen molar-refractivity contribution >= 4 is 17.5 Å². The number of hydrogen-bond acceptors (Lipinski definition) is 5. The van der Waals surface area contributed by atoms with Gasteiger partial charge in [-0.1, -0.05) is 18.2 Å². The van der Waals surface area contributed by atoms with Gasteiger partial charge < -0.3 is 13.9 Å². The summed E-state index contributed by atoms with van der Waals surface area (Å²) in [5.74, 6) is -0.233. The van der Waals surface area contributed by atoms with Crippen molar-refractivity contribution in [2.45, 2.75) is 0 Å². The summed E-state index contributed by atoms with van der Waals surface area (Å²) < 4.78 is 15.1. The van der Waals surface area contributed by atoms with E-state index in [0.29, 0.717) is 11.3 Å². The van der Waals surface area contributed by atoms with Crippen molar-refractivity contribution in [3.63, 3.8) is 0 Å². The van der Waals surface area contributed by atoms with Crippen LogP contribution in [0.1, 0.15) is 16.1 Å². The van der Waals surface area contributed by atoms with Crippen LogP contribution in [0.3, 0.4) is 0 Å². The van der Waals surface area contributed by atoms with Crippen LogP contribution in [0.5, 0.6) is 0 Å². The molecule has 2 aromatic rings. The molecule has 21 heavy (non-hydrogen) atoms. The number of carbonyl (C=O) groups is 2. The molecular weight excluding hydrogens is 272 g/mol. The second kappa shape index (κ2) is 7.09. The van der Waals surface area contributed by atoms with Crippen LogP contribution in [0.4, 0.5) is 0 Å². The van der Waals surface area contributed by atoms with Gasteiger partial charge in [0.1, 0.15) is 0 Å². The second-order valence-corrected chi connectivity index (χ2v) is 4.10. The van der Waals surface area contributed by atoms with E-state index in [-0.39, 0.29) is 12.4 Å². The number of carbonyl (C=O) groups excluding carboxylic acids is 2. The van der Waals surface area contributed by atoms with E-state index in [9.17, 15) is 9.59 Å². The molecule has 1 aromatic heterocycles. The number of rotatable bonds is 6. The Kier molecular flexibility index (Phi) is 4.93. The average Bonchev–Trinajstić information content (AvgIpc) is 3.05. The normalized spacial score (nSPS) is 11.0. The minimum atomic E-state index is -0.547. The van der Waals surface area contributed by atoms with Crippen LogP contribution in [-0.2, 0) is 14.3 Å². The second-order valence-electron chi connectivity index (χ2n) is 4.10. The highest BCUT2D eigenvalue weighted by atomic mass is 16.5. The van der Waals surface area contributed by atoms with Crippen molar-refractivity contribution in [1.82, 2.24) is 0 Å². The van der Waals surface area contributed by atoms with Crippen LogP contribution >= 0.6 is 0 Å². The van der Waals surface area contributed by atoms with Gasteiger partial charge in [-0.15, -0.1) is 0 Å². The van der Waals surface area contributed by atoms with Gasteiger partial charge in [0.2, 0.25) is 0 Å². The standard InChI is InChI=1S/C16H14O5/c1-19-15(14-8-5-9-20-14)10-13(17)11-21-16(18)12-6-3-2-4-7-12/h2-10H,11H2,1H3/b15-10+. The first kappa shape index (κ1) is 14.6. The largest absolute Gasteiger partial charge is 0.493 e. The molecule has 0 bridgehead atoms. The van der Waals surface area contributed by atoms with Crippen LogP contribution in [0, 0.1) is 0 Å². The summed E-state index contributed by atoms with van der Waals surface area (Å²) in [6.07, 6.45) is 2.71. The van der Waals surface area contributed by atoms with Crippen LogP contribution in [0.15, 0.2) is 59.2 Å². The fraction of sp³-hybridized carbons (Fsp3) is 0.125. The Morgan fingerprint density at radius 2 is 1.90 bits per heavy atom. The highest BCUT2D eigenvalue weighted by molar-refractivity contribution is 5.98. The molecule has 0 spiro atoms. The van der Waals surface area contributed by atoms with Gasteiger partial charge in [-0.3, -0.25) is 4.79 Å². The number of methoxy groups -OCH3 is 1. The van der Waals surface area contributed by atoms with Gasteiger partial charge in [0.15, 0.2) is 23.9 Å². The molecule has 0 aliphatic carbocycles. The van der Waals surface area contributed by atoms with Crippen LogP contribution in [-0.4, -0.2) is 25.5 Å². The van der Waals surface area contributed by atoms with E-state index >= 15 is 0 Å². The van der Waals surface area contributed by atoms with Crippen LogP contribution in [0.25, 0.3) is 5.76 Å². The van der Waals surface area contributed by atoms with E-state index in [1.54, 1.807) is 42.5 Å². The molecule has 2 rings (SSSR count). The van der Waals surface area contributed by atoms with Crippen LogP contribution in [0.2, 0.25) is 0 Å². The molecule has 0 atom stereocenters. The third-order valence-electron chi connectivity index (χ3n) is 2.63. The zero-order chi connectivity index (χ0) is 15.1. The van der Waals surface area contributed by atoms with E-state index in [0.717, 1.165) is 0 Å². The first-order valence-corrected chi connectivity index (χ1v) is 6.25. The summed E-state index contributed by atoms with van der Waals surface area (Å²) in [5.41, 5.74) is 0.396. The third kappa shape index (κ3) is 4.07. The Balaban J connectivity index is 1.94. The number of esters is 1. The van der Waals surface area contributed by atoms with Gasteiger partial charge in [0, 0.05) is 6.08 Å². The molecule has 5 heteroatoms. The third-order valence-corrected chi connectivity index (χ3v) is 2.63. The van der Waals surface area contributed by atoms with Crippen molar-refractivity contribution < 1.29 is 23.5 Å². The van der Waals surface area contributed by atoms with Crippen molar-refractivity contribution in [3.8, 4) is 0 Å². The quantitative estimate of drug-likeness (QED) is 0.464. The van der Waals surface area contributed by atoms with Gasteiger partial charge in [-0.2, -0.15) is 0 Å². The Bertz CT molecular complexity index is 626. The minimum absolute atomic E-state index is 0.278. The molecule has 0 fully saturated rings. The summed E-state index contributed by atoms with van der Waals surface area (Å²) in [6.45, 7) is -0.360. The van der Waals surface area contributed by atoms with Gasteiger partial charge in [0.05, 0.1) is 18.9 Å². The van der Waals surface area contributed by atoms with Crippen LogP contribution < -0.4 is 0 Å². The molecule has 0 radical (unpaired) electrons. The highest BCUT2D eigenvalue weighted by Crippen LogP contribution is 2.15. The molecule has 0 aliphatic heterocycles. The summed E-state index contributed by atoms with van der Waals surface area (Å²) in [6, 6.07) is 11.8. The first-order chi connectivity index (χ1) is 10.2. The molecular formula is C16H14O5. The zero-order valence-electron chi connectivity index (χ0n) is 11.4. The van der Waals surface area contributed by atoms with Crippen molar-refractivity contribution in [2.75, 3.05) is 13.7 Å². The van der Waals surface area contributed by atoms with Crippen molar-refractivity contribution in [3.05, 3.63) is 66.1 Å². The number of hydrogen-bond donors (Lipinski definition) is 0. The molecule has 0 aliphatic rings. The maximum atomic E-state index is 11.8. The predicted molar refractivity (Wildman–Crippen MR) is 75.4 cm³/mol. The maximum Gasteiger partial charge on any atom is 0.338 e. The maximum absolute atomic E-state index is 11.8. The lowest BCUT2D eigenvalue weighted by Gasteiger charge is -2.04. The fourth-order valence-electron chi connectivity index (χ4n) is 1.63. The monoisotopic (exact) mass is 286 g/mol. The minimum Gasteiger partial charge on any atom is -0.493 e. The lowest BCUT2D eigenvalue weighted by molar-refractivity contribution is -0.117. The smallest absolute Gasteiger partial charge is 0.338 e. The number of benzene rings is 1. The molecule has 0 N–H and O–H groups in total. The lowest BCUT2D eigenvalue weighted by Crippen LogP contribution is -2.12. The van der Waals surface area contributed by atoms with E-state index in [4.69, 9.17) is 13.9 Å².